The molecular weight excluding hydrogens is 140 g/mol. The summed E-state index contributed by atoms with van der Waals surface area (Å²) in [6, 6.07) is 0. The zero-order valence-electron chi connectivity index (χ0n) is 7.80. The summed E-state index contributed by atoms with van der Waals surface area (Å²) in [5.74, 6) is 0. The summed E-state index contributed by atoms with van der Waals surface area (Å²) < 4.78 is 10.6. The van der Waals surface area contributed by atoms with E-state index in [-0.39, 0.29) is 6.10 Å². The van der Waals surface area contributed by atoms with E-state index >= 15 is 0 Å². The van der Waals surface area contributed by atoms with Gasteiger partial charge in [0.15, 0.2) is 0 Å². The monoisotopic (exact) mass is 159 g/mol. The second-order valence-electron chi connectivity index (χ2n) is 2.95. The Morgan fingerprint density at radius 1 is 1.09 bits per heavy atom. The van der Waals surface area contributed by atoms with E-state index < -0.39 is 0 Å². The zero-order chi connectivity index (χ0) is 8.69. The summed E-state index contributed by atoms with van der Waals surface area (Å²) in [5.41, 5.74) is 0. The first-order valence-electron chi connectivity index (χ1n) is 4.19. The van der Waals surface area contributed by atoms with Gasteiger partial charge >= 0.3 is 0 Å². The molecule has 0 amide bonds. The molecule has 0 spiro atoms. The van der Waals surface area contributed by atoms with Gasteiger partial charge in [-0.3, -0.25) is 0 Å². The Hall–Kier alpha value is -0.0800. The third-order valence-electron chi connectivity index (χ3n) is 1.14. The van der Waals surface area contributed by atoms with Gasteiger partial charge in [-0.2, -0.15) is 0 Å². The van der Waals surface area contributed by atoms with Crippen molar-refractivity contribution in [3.63, 3.8) is 0 Å². The van der Waals surface area contributed by atoms with Gasteiger partial charge in [-0.05, 0) is 34.1 Å². The molecule has 2 nitrogen and oxygen atoms in total. The first kappa shape index (κ1) is 10.9. The van der Waals surface area contributed by atoms with Crippen molar-refractivity contribution in [2.24, 2.45) is 0 Å². The van der Waals surface area contributed by atoms with E-state index in [2.05, 4.69) is 6.92 Å². The molecule has 11 heavy (non-hydrogen) atoms. The van der Waals surface area contributed by atoms with Crippen molar-refractivity contribution in [1.82, 2.24) is 0 Å². The molecule has 67 valence electrons. The predicted octanol–water partition coefficient (Wildman–Crippen LogP) is 2.04. The minimum absolute atomic E-state index is 0.0917. The molecule has 0 rings (SSSR count). The molecule has 0 aliphatic heterocycles. The topological polar surface area (TPSA) is 18.5 Å². The lowest BCUT2D eigenvalue weighted by molar-refractivity contribution is 0.0402. The maximum Gasteiger partial charge on any atom is 0.0548 e. The fraction of sp³-hybridized carbons (Fsp3) is 0.889. The molecule has 0 aliphatic rings. The smallest absolute Gasteiger partial charge is 0.0548 e. The van der Waals surface area contributed by atoms with Gasteiger partial charge in [-0.25, -0.2) is 0 Å². The zero-order valence-corrected chi connectivity index (χ0v) is 7.80. The van der Waals surface area contributed by atoms with E-state index in [0.717, 1.165) is 19.6 Å². The van der Waals surface area contributed by atoms with Crippen LogP contribution in [0.3, 0.4) is 0 Å². The molecule has 0 aromatic rings. The average molecular weight is 159 g/mol. The molecule has 1 radical (unpaired) electrons. The van der Waals surface area contributed by atoms with Gasteiger partial charge in [0.2, 0.25) is 0 Å². The molecule has 0 aromatic heterocycles. The average Bonchev–Trinajstić information content (AvgIpc) is 1.85. The number of hydrogen-bond donors (Lipinski definition) is 0. The number of hydrogen-bond acceptors (Lipinski definition) is 2. The van der Waals surface area contributed by atoms with Crippen LogP contribution >= 0.6 is 0 Å². The Morgan fingerprint density at radius 2 is 1.64 bits per heavy atom. The summed E-state index contributed by atoms with van der Waals surface area (Å²) >= 11 is 0. The van der Waals surface area contributed by atoms with Crippen molar-refractivity contribution in [2.45, 2.75) is 39.4 Å². The molecule has 0 saturated carbocycles. The van der Waals surface area contributed by atoms with Crippen molar-refractivity contribution in [2.75, 3.05) is 13.2 Å². The standard InChI is InChI=1S/C9H19O2/c1-8(2)10-6-5-7-11-9(3)4/h8-9H,1,5-7H2,2-4H3. The van der Waals surface area contributed by atoms with Crippen molar-refractivity contribution >= 4 is 0 Å². The van der Waals surface area contributed by atoms with E-state index in [1.54, 1.807) is 0 Å². The van der Waals surface area contributed by atoms with Crippen LogP contribution in [0.25, 0.3) is 0 Å². The van der Waals surface area contributed by atoms with E-state index in [9.17, 15) is 0 Å². The van der Waals surface area contributed by atoms with Gasteiger partial charge in [-0.15, -0.1) is 0 Å². The highest BCUT2D eigenvalue weighted by molar-refractivity contribution is 4.49. The van der Waals surface area contributed by atoms with Crippen LogP contribution < -0.4 is 0 Å². The molecule has 1 unspecified atom stereocenters. The summed E-state index contributed by atoms with van der Waals surface area (Å²) in [6.45, 7) is 11.2. The lowest BCUT2D eigenvalue weighted by atomic mass is 10.4. The normalized spacial score (nSPS) is 11.5. The van der Waals surface area contributed by atoms with Crippen LogP contribution in [0.2, 0.25) is 0 Å². The third-order valence-corrected chi connectivity index (χ3v) is 1.14. The molecule has 0 heterocycles. The molecule has 0 N–H and O–H groups in total. The van der Waals surface area contributed by atoms with Crippen molar-refractivity contribution < 1.29 is 9.47 Å². The van der Waals surface area contributed by atoms with Gasteiger partial charge in [0.25, 0.3) is 0 Å². The van der Waals surface area contributed by atoms with Gasteiger partial charge in [0.05, 0.1) is 12.2 Å². The Labute approximate surface area is 69.9 Å². The van der Waals surface area contributed by atoms with E-state index in [1.165, 1.54) is 0 Å². The lowest BCUT2D eigenvalue weighted by Crippen LogP contribution is -2.09. The maximum atomic E-state index is 5.32. The van der Waals surface area contributed by atoms with Gasteiger partial charge in [0.1, 0.15) is 0 Å². The first-order chi connectivity index (χ1) is 5.13. The summed E-state index contributed by atoms with van der Waals surface area (Å²) in [4.78, 5) is 0. The summed E-state index contributed by atoms with van der Waals surface area (Å²) in [5, 5.41) is 0. The maximum absolute atomic E-state index is 5.32. The van der Waals surface area contributed by atoms with E-state index in [1.807, 2.05) is 20.8 Å². The highest BCUT2D eigenvalue weighted by Gasteiger charge is 1.94. The highest BCUT2D eigenvalue weighted by Crippen LogP contribution is 1.93. The molecule has 0 saturated heterocycles. The van der Waals surface area contributed by atoms with E-state index in [4.69, 9.17) is 9.47 Å². The van der Waals surface area contributed by atoms with E-state index in [0.29, 0.717) is 6.10 Å². The second kappa shape index (κ2) is 6.62. The van der Waals surface area contributed by atoms with Crippen LogP contribution in [0, 0.1) is 6.92 Å². The van der Waals surface area contributed by atoms with Crippen LogP contribution in [0.1, 0.15) is 27.2 Å². The molecule has 1 atom stereocenters. The SMILES string of the molecule is [CH2]C(C)OCCCOC(C)C. The Morgan fingerprint density at radius 3 is 2.09 bits per heavy atom. The Bertz CT molecular complexity index is 69.6. The minimum atomic E-state index is 0.0917. The van der Waals surface area contributed by atoms with Gasteiger partial charge in [-0.1, -0.05) is 0 Å². The second-order valence-corrected chi connectivity index (χ2v) is 2.95. The Kier molecular flexibility index (Phi) is 6.57. The Balaban J connectivity index is 2.91. The van der Waals surface area contributed by atoms with Crippen LogP contribution in [0.5, 0.6) is 0 Å². The molecule has 2 heteroatoms. The van der Waals surface area contributed by atoms with Crippen LogP contribution in [-0.2, 0) is 9.47 Å². The number of rotatable bonds is 6. The third kappa shape index (κ3) is 9.92. The van der Waals surface area contributed by atoms with Crippen LogP contribution in [-0.4, -0.2) is 25.4 Å². The minimum Gasteiger partial charge on any atom is -0.379 e. The molecule has 0 fully saturated rings. The summed E-state index contributed by atoms with van der Waals surface area (Å²) in [6.07, 6.45) is 1.37. The van der Waals surface area contributed by atoms with Crippen molar-refractivity contribution in [3.05, 3.63) is 6.92 Å². The van der Waals surface area contributed by atoms with Crippen LogP contribution in [0.4, 0.5) is 0 Å². The molecule has 0 bridgehead atoms. The molecular formula is C9H19O2. The summed E-state index contributed by atoms with van der Waals surface area (Å²) in [7, 11) is 0. The fourth-order valence-corrected chi connectivity index (χ4v) is 0.662. The van der Waals surface area contributed by atoms with Crippen molar-refractivity contribution in [3.8, 4) is 0 Å². The fourth-order valence-electron chi connectivity index (χ4n) is 0.662. The first-order valence-corrected chi connectivity index (χ1v) is 4.19. The molecule has 0 aliphatic carbocycles. The highest BCUT2D eigenvalue weighted by atomic mass is 16.5. The number of ether oxygens (including phenoxy) is 2. The van der Waals surface area contributed by atoms with Crippen molar-refractivity contribution in [1.29, 1.82) is 0 Å². The largest absolute Gasteiger partial charge is 0.379 e. The molecule has 0 aromatic carbocycles. The van der Waals surface area contributed by atoms with Gasteiger partial charge < -0.3 is 9.47 Å². The quantitative estimate of drug-likeness (QED) is 0.552. The predicted molar refractivity (Wildman–Crippen MR) is 46.5 cm³/mol. The van der Waals surface area contributed by atoms with Gasteiger partial charge in [0, 0.05) is 13.2 Å². The van der Waals surface area contributed by atoms with Crippen LogP contribution in [0.15, 0.2) is 0 Å². The lowest BCUT2D eigenvalue weighted by Gasteiger charge is -2.09.